The molecular formula is C12H18ClN3OS. The summed E-state index contributed by atoms with van der Waals surface area (Å²) in [4.78, 5) is 16.3. The van der Waals surface area contributed by atoms with Crippen molar-refractivity contribution < 1.29 is 4.79 Å². The Morgan fingerprint density at radius 3 is 2.72 bits per heavy atom. The molecule has 0 bridgehead atoms. The van der Waals surface area contributed by atoms with Gasteiger partial charge in [-0.1, -0.05) is 42.2 Å². The molecule has 1 fully saturated rings. The highest BCUT2D eigenvalue weighted by Gasteiger charge is 2.23. The molecule has 0 saturated heterocycles. The van der Waals surface area contributed by atoms with Crippen LogP contribution in [0, 0.1) is 5.92 Å². The van der Waals surface area contributed by atoms with E-state index in [1.807, 2.05) is 0 Å². The van der Waals surface area contributed by atoms with Crippen LogP contribution in [0.3, 0.4) is 0 Å². The highest BCUT2D eigenvalue weighted by molar-refractivity contribution is 7.17. The number of nitrogens with one attached hydrogen (secondary N) is 1. The van der Waals surface area contributed by atoms with Crippen LogP contribution in [0.25, 0.3) is 0 Å². The van der Waals surface area contributed by atoms with Crippen LogP contribution in [0.15, 0.2) is 0 Å². The van der Waals surface area contributed by atoms with Crippen molar-refractivity contribution in [3.05, 3.63) is 10.0 Å². The van der Waals surface area contributed by atoms with Crippen LogP contribution < -0.4 is 11.1 Å². The second-order valence-corrected chi connectivity index (χ2v) is 6.22. The Morgan fingerprint density at radius 2 is 2.17 bits per heavy atom. The van der Waals surface area contributed by atoms with E-state index in [9.17, 15) is 4.79 Å². The molecule has 0 unspecified atom stereocenters. The van der Waals surface area contributed by atoms with E-state index in [2.05, 4.69) is 17.2 Å². The lowest BCUT2D eigenvalue weighted by Gasteiger charge is -2.28. The van der Waals surface area contributed by atoms with Crippen LogP contribution in [0.4, 0.5) is 5.13 Å². The first-order chi connectivity index (χ1) is 8.58. The Labute approximate surface area is 116 Å². The smallest absolute Gasteiger partial charge is 0.264 e. The molecule has 1 aliphatic rings. The van der Waals surface area contributed by atoms with Crippen LogP contribution in [-0.4, -0.2) is 16.9 Å². The third-order valence-electron chi connectivity index (χ3n) is 3.52. The van der Waals surface area contributed by atoms with Gasteiger partial charge in [-0.2, -0.15) is 0 Å². The Kier molecular flexibility index (Phi) is 4.45. The molecule has 0 radical (unpaired) electrons. The molecule has 3 N–H and O–H groups in total. The van der Waals surface area contributed by atoms with Gasteiger partial charge in [0, 0.05) is 6.04 Å². The summed E-state index contributed by atoms with van der Waals surface area (Å²) < 4.78 is 0. The van der Waals surface area contributed by atoms with Gasteiger partial charge in [-0.05, 0) is 25.7 Å². The second-order valence-electron chi connectivity index (χ2n) is 4.83. The van der Waals surface area contributed by atoms with Crippen molar-refractivity contribution in [1.82, 2.24) is 10.3 Å². The van der Waals surface area contributed by atoms with Gasteiger partial charge in [0.2, 0.25) is 0 Å². The number of amides is 1. The first-order valence-corrected chi connectivity index (χ1v) is 7.50. The summed E-state index contributed by atoms with van der Waals surface area (Å²) in [7, 11) is 0. The standard InChI is InChI=1S/C12H18ClN3OS/c1-7(8-5-3-2-4-6-8)15-11(17)9-10(13)16-12(14)18-9/h7-8H,2-6H2,1H3,(H2,14,16)(H,15,17)/t7-/m1/s1. The molecule has 0 aliphatic heterocycles. The number of hydrogen-bond acceptors (Lipinski definition) is 4. The monoisotopic (exact) mass is 287 g/mol. The minimum absolute atomic E-state index is 0.160. The maximum atomic E-state index is 12.1. The number of carbonyl (C=O) groups is 1. The van der Waals surface area contributed by atoms with Gasteiger partial charge in [0.25, 0.3) is 5.91 Å². The molecule has 1 amide bonds. The number of nitrogens with two attached hydrogens (primary N) is 1. The zero-order valence-corrected chi connectivity index (χ0v) is 12.0. The molecule has 1 aliphatic carbocycles. The van der Waals surface area contributed by atoms with Gasteiger partial charge in [0.05, 0.1) is 0 Å². The summed E-state index contributed by atoms with van der Waals surface area (Å²) in [5.41, 5.74) is 5.53. The van der Waals surface area contributed by atoms with Gasteiger partial charge in [0.1, 0.15) is 4.88 Å². The zero-order valence-electron chi connectivity index (χ0n) is 10.4. The third kappa shape index (κ3) is 3.14. The molecule has 6 heteroatoms. The molecule has 18 heavy (non-hydrogen) atoms. The van der Waals surface area contributed by atoms with E-state index in [-0.39, 0.29) is 17.1 Å². The highest BCUT2D eigenvalue weighted by Crippen LogP contribution is 2.28. The van der Waals surface area contributed by atoms with E-state index in [4.69, 9.17) is 17.3 Å². The average Bonchev–Trinajstić information content (AvgIpc) is 2.69. The summed E-state index contributed by atoms with van der Waals surface area (Å²) in [6, 6.07) is 0.178. The number of thiazole rings is 1. The van der Waals surface area contributed by atoms with Crippen molar-refractivity contribution in [3.63, 3.8) is 0 Å². The molecule has 1 aromatic rings. The lowest BCUT2D eigenvalue weighted by molar-refractivity contribution is 0.0923. The molecule has 100 valence electrons. The van der Waals surface area contributed by atoms with Crippen LogP contribution in [0.5, 0.6) is 0 Å². The molecule has 1 aromatic heterocycles. The fourth-order valence-electron chi connectivity index (χ4n) is 2.48. The van der Waals surface area contributed by atoms with Gasteiger partial charge < -0.3 is 11.1 Å². The summed E-state index contributed by atoms with van der Waals surface area (Å²) in [5, 5.41) is 3.54. The fourth-order valence-corrected chi connectivity index (χ4v) is 3.45. The Hall–Kier alpha value is -0.810. The summed E-state index contributed by atoms with van der Waals surface area (Å²) >= 11 is 7.00. The predicted octanol–water partition coefficient (Wildman–Crippen LogP) is 3.08. The van der Waals surface area contributed by atoms with Crippen LogP contribution in [-0.2, 0) is 0 Å². The largest absolute Gasteiger partial charge is 0.375 e. The lowest BCUT2D eigenvalue weighted by Crippen LogP contribution is -2.38. The molecule has 4 nitrogen and oxygen atoms in total. The van der Waals surface area contributed by atoms with Crippen LogP contribution >= 0.6 is 22.9 Å². The Balaban J connectivity index is 1.96. The number of aromatic nitrogens is 1. The average molecular weight is 288 g/mol. The predicted molar refractivity (Wildman–Crippen MR) is 75.0 cm³/mol. The van der Waals surface area contributed by atoms with Crippen molar-refractivity contribution in [1.29, 1.82) is 0 Å². The third-order valence-corrected chi connectivity index (χ3v) is 4.79. The Morgan fingerprint density at radius 1 is 1.50 bits per heavy atom. The van der Waals surface area contributed by atoms with Gasteiger partial charge in [-0.3, -0.25) is 4.79 Å². The van der Waals surface area contributed by atoms with E-state index in [0.29, 0.717) is 15.9 Å². The molecule has 1 heterocycles. The minimum atomic E-state index is -0.160. The van der Waals surface area contributed by atoms with Crippen LogP contribution in [0.1, 0.15) is 48.7 Å². The first-order valence-electron chi connectivity index (χ1n) is 6.30. The number of rotatable bonds is 3. The van der Waals surface area contributed by atoms with Crippen molar-refractivity contribution in [3.8, 4) is 0 Å². The van der Waals surface area contributed by atoms with Crippen molar-refractivity contribution in [2.24, 2.45) is 5.92 Å². The lowest BCUT2D eigenvalue weighted by atomic mass is 9.84. The number of nitrogen functional groups attached to an aromatic ring is 1. The Bertz CT molecular complexity index is 429. The molecule has 2 rings (SSSR count). The maximum absolute atomic E-state index is 12.1. The number of halogens is 1. The topological polar surface area (TPSA) is 68.0 Å². The van der Waals surface area contributed by atoms with Crippen molar-refractivity contribution in [2.45, 2.75) is 45.1 Å². The van der Waals surface area contributed by atoms with E-state index in [0.717, 1.165) is 11.3 Å². The van der Waals surface area contributed by atoms with Gasteiger partial charge >= 0.3 is 0 Å². The molecule has 0 aromatic carbocycles. The number of nitrogens with zero attached hydrogens (tertiary/aromatic N) is 1. The number of hydrogen-bond donors (Lipinski definition) is 2. The van der Waals surface area contributed by atoms with Gasteiger partial charge in [-0.15, -0.1) is 0 Å². The first kappa shape index (κ1) is 13.6. The number of carbonyl (C=O) groups excluding carboxylic acids is 1. The number of anilines is 1. The SMILES string of the molecule is C[C@@H](NC(=O)c1sc(N)nc1Cl)C1CCCCC1. The summed E-state index contributed by atoms with van der Waals surface area (Å²) in [5.74, 6) is 0.416. The van der Waals surface area contributed by atoms with E-state index in [1.165, 1.54) is 32.1 Å². The van der Waals surface area contributed by atoms with E-state index < -0.39 is 0 Å². The minimum Gasteiger partial charge on any atom is -0.375 e. The molecule has 1 atom stereocenters. The molecule has 0 spiro atoms. The fraction of sp³-hybridized carbons (Fsp3) is 0.667. The maximum Gasteiger partial charge on any atom is 0.264 e. The molecule has 1 saturated carbocycles. The second kappa shape index (κ2) is 5.89. The summed E-state index contributed by atoms with van der Waals surface area (Å²) in [6.07, 6.45) is 6.23. The highest BCUT2D eigenvalue weighted by atomic mass is 35.5. The zero-order chi connectivity index (χ0) is 13.1. The van der Waals surface area contributed by atoms with Crippen LogP contribution in [0.2, 0.25) is 5.15 Å². The summed E-state index contributed by atoms with van der Waals surface area (Å²) in [6.45, 7) is 2.06. The van der Waals surface area contributed by atoms with Crippen molar-refractivity contribution in [2.75, 3.05) is 5.73 Å². The van der Waals surface area contributed by atoms with E-state index >= 15 is 0 Å². The van der Waals surface area contributed by atoms with Gasteiger partial charge in [0.15, 0.2) is 10.3 Å². The normalized spacial score (nSPS) is 18.6. The van der Waals surface area contributed by atoms with Gasteiger partial charge in [-0.25, -0.2) is 4.98 Å². The molecular weight excluding hydrogens is 270 g/mol. The van der Waals surface area contributed by atoms with Crippen molar-refractivity contribution >= 4 is 34.0 Å². The van der Waals surface area contributed by atoms with E-state index in [1.54, 1.807) is 0 Å². The quantitative estimate of drug-likeness (QED) is 0.898.